The maximum absolute atomic E-state index is 12.7. The van der Waals surface area contributed by atoms with Gasteiger partial charge in [-0.1, -0.05) is 0 Å². The number of nitrogens with one attached hydrogen (secondary N) is 2. The average molecular weight is 366 g/mol. The predicted molar refractivity (Wildman–Crippen MR) is 89.7 cm³/mol. The van der Waals surface area contributed by atoms with Gasteiger partial charge < -0.3 is 10.1 Å². The summed E-state index contributed by atoms with van der Waals surface area (Å²) in [5.74, 6) is -1.20. The number of halogens is 3. The molecule has 2 heterocycles. The van der Waals surface area contributed by atoms with Crippen molar-refractivity contribution < 1.29 is 22.7 Å². The van der Waals surface area contributed by atoms with E-state index in [0.29, 0.717) is 17.8 Å². The number of fused-ring (bicyclic) bond motifs is 1. The number of carbonyl (C=O) groups excluding carboxylic acids is 1. The fraction of sp³-hybridized carbons (Fsp3) is 0.294. The Morgan fingerprint density at radius 3 is 2.81 bits per heavy atom. The molecule has 2 aromatic heterocycles. The summed E-state index contributed by atoms with van der Waals surface area (Å²) in [6, 6.07) is 7.31. The monoisotopic (exact) mass is 366 g/mol. The predicted octanol–water partition coefficient (Wildman–Crippen LogP) is 2.79. The Morgan fingerprint density at radius 1 is 1.35 bits per heavy atom. The highest BCUT2D eigenvalue weighted by atomic mass is 19.4. The number of carbonyl (C=O) groups is 1. The minimum Gasteiger partial charge on any atom is -0.462 e. The van der Waals surface area contributed by atoms with Crippen LogP contribution in [-0.2, 0) is 16.0 Å². The van der Waals surface area contributed by atoms with Gasteiger partial charge in [0.1, 0.15) is 5.57 Å². The van der Waals surface area contributed by atoms with Crippen LogP contribution in [0.5, 0.6) is 0 Å². The molecule has 138 valence electrons. The molecule has 2 N–H and O–H groups in total. The topological polar surface area (TPSA) is 88.0 Å². The Bertz CT molecular complexity index is 834. The quantitative estimate of drug-likeness (QED) is 0.340. The molecule has 0 fully saturated rings. The fourth-order valence-electron chi connectivity index (χ4n) is 2.10. The van der Waals surface area contributed by atoms with E-state index in [1.165, 1.54) is 6.92 Å². The van der Waals surface area contributed by atoms with E-state index in [0.717, 1.165) is 11.6 Å². The lowest BCUT2D eigenvalue weighted by atomic mass is 10.1. The van der Waals surface area contributed by atoms with Crippen LogP contribution >= 0.6 is 0 Å². The lowest BCUT2D eigenvalue weighted by Crippen LogP contribution is -2.30. The maximum atomic E-state index is 12.7. The first kappa shape index (κ1) is 19.4. The van der Waals surface area contributed by atoms with E-state index in [1.54, 1.807) is 18.3 Å². The Hall–Kier alpha value is -2.97. The third kappa shape index (κ3) is 5.01. The first-order valence-electron chi connectivity index (χ1n) is 7.80. The highest BCUT2D eigenvalue weighted by Gasteiger charge is 2.39. The van der Waals surface area contributed by atoms with E-state index in [1.807, 2.05) is 12.1 Å². The number of hydrogen-bond acceptors (Lipinski definition) is 6. The van der Waals surface area contributed by atoms with Crippen molar-refractivity contribution in [2.45, 2.75) is 19.5 Å². The van der Waals surface area contributed by atoms with Crippen LogP contribution in [0.2, 0.25) is 0 Å². The second kappa shape index (κ2) is 8.41. The summed E-state index contributed by atoms with van der Waals surface area (Å²) in [5, 5.41) is 10.6. The van der Waals surface area contributed by atoms with Gasteiger partial charge in [0.05, 0.1) is 6.61 Å². The van der Waals surface area contributed by atoms with Gasteiger partial charge in [0.25, 0.3) is 0 Å². The van der Waals surface area contributed by atoms with Gasteiger partial charge in [-0.15, -0.1) is 0 Å². The SMILES string of the molecule is CCOC(=O)/C(=C/NCCc1ccc2cccnc2n1)C(=N)C(F)(F)F. The van der Waals surface area contributed by atoms with Gasteiger partial charge in [-0.05, 0) is 31.2 Å². The number of rotatable bonds is 7. The van der Waals surface area contributed by atoms with Crippen LogP contribution in [0.4, 0.5) is 13.2 Å². The summed E-state index contributed by atoms with van der Waals surface area (Å²) in [6.45, 7) is 1.61. The van der Waals surface area contributed by atoms with E-state index in [2.05, 4.69) is 20.0 Å². The summed E-state index contributed by atoms with van der Waals surface area (Å²) >= 11 is 0. The Kier molecular flexibility index (Phi) is 6.26. The Labute approximate surface area is 147 Å². The lowest BCUT2D eigenvalue weighted by Gasteiger charge is -2.12. The molecule has 0 aliphatic heterocycles. The number of aromatic nitrogens is 2. The lowest BCUT2D eigenvalue weighted by molar-refractivity contribution is -0.138. The molecule has 0 saturated heterocycles. The molecule has 0 aliphatic rings. The number of esters is 1. The molecule has 2 aromatic rings. The highest BCUT2D eigenvalue weighted by Crippen LogP contribution is 2.21. The van der Waals surface area contributed by atoms with Crippen molar-refractivity contribution in [3.05, 3.63) is 47.9 Å². The van der Waals surface area contributed by atoms with E-state index < -0.39 is 23.4 Å². The van der Waals surface area contributed by atoms with Gasteiger partial charge in [0.15, 0.2) is 11.4 Å². The van der Waals surface area contributed by atoms with Crippen LogP contribution in [0, 0.1) is 5.41 Å². The minimum absolute atomic E-state index is 0.0880. The van der Waals surface area contributed by atoms with Crippen LogP contribution in [0.15, 0.2) is 42.2 Å². The van der Waals surface area contributed by atoms with Gasteiger partial charge in [-0.2, -0.15) is 13.2 Å². The molecule has 26 heavy (non-hydrogen) atoms. The molecule has 0 saturated carbocycles. The Balaban J connectivity index is 2.04. The molecule has 9 heteroatoms. The molecule has 0 aliphatic carbocycles. The van der Waals surface area contributed by atoms with Gasteiger partial charge in [0, 0.05) is 36.4 Å². The number of ether oxygens (including phenoxy) is 1. The van der Waals surface area contributed by atoms with Crippen molar-refractivity contribution >= 4 is 22.7 Å². The molecule has 0 unspecified atom stereocenters. The number of alkyl halides is 3. The third-order valence-electron chi connectivity index (χ3n) is 3.34. The first-order valence-corrected chi connectivity index (χ1v) is 7.80. The van der Waals surface area contributed by atoms with Crippen LogP contribution in [0.3, 0.4) is 0 Å². The average Bonchev–Trinajstić information content (AvgIpc) is 2.60. The maximum Gasteiger partial charge on any atom is 0.433 e. The molecule has 6 nitrogen and oxygen atoms in total. The molecule has 0 bridgehead atoms. The van der Waals surface area contributed by atoms with Gasteiger partial charge >= 0.3 is 12.1 Å². The molecule has 0 radical (unpaired) electrons. The summed E-state index contributed by atoms with van der Waals surface area (Å²) in [4.78, 5) is 20.1. The smallest absolute Gasteiger partial charge is 0.433 e. The summed E-state index contributed by atoms with van der Waals surface area (Å²) in [5.41, 5.74) is -1.35. The largest absolute Gasteiger partial charge is 0.462 e. The van der Waals surface area contributed by atoms with Crippen LogP contribution in [0.1, 0.15) is 12.6 Å². The van der Waals surface area contributed by atoms with Crippen LogP contribution < -0.4 is 5.32 Å². The minimum atomic E-state index is -4.94. The highest BCUT2D eigenvalue weighted by molar-refractivity contribution is 6.20. The van der Waals surface area contributed by atoms with Crippen molar-refractivity contribution in [3.63, 3.8) is 0 Å². The molecular formula is C17H17F3N4O2. The van der Waals surface area contributed by atoms with Gasteiger partial charge in [0.2, 0.25) is 0 Å². The Morgan fingerprint density at radius 2 is 2.12 bits per heavy atom. The van der Waals surface area contributed by atoms with Crippen molar-refractivity contribution in [1.29, 1.82) is 5.41 Å². The van der Waals surface area contributed by atoms with Gasteiger partial charge in [-0.25, -0.2) is 14.8 Å². The number of nitrogens with zero attached hydrogens (tertiary/aromatic N) is 2. The van der Waals surface area contributed by atoms with Crippen LogP contribution in [0.25, 0.3) is 11.0 Å². The van der Waals surface area contributed by atoms with Crippen molar-refractivity contribution in [1.82, 2.24) is 15.3 Å². The zero-order chi connectivity index (χ0) is 19.2. The normalized spacial score (nSPS) is 12.1. The standard InChI is InChI=1S/C17H17F3N4O2/c1-2-26-16(25)13(14(21)17(18,19)20)10-22-9-7-12-6-5-11-4-3-8-23-15(11)24-12/h3-6,8,10,21-22H,2,7,9H2,1H3/b13-10+,21-14?. The van der Waals surface area contributed by atoms with Crippen molar-refractivity contribution in [2.75, 3.05) is 13.2 Å². The zero-order valence-corrected chi connectivity index (χ0v) is 13.9. The number of pyridine rings is 2. The molecule has 0 atom stereocenters. The summed E-state index contributed by atoms with van der Waals surface area (Å²) < 4.78 is 42.7. The third-order valence-corrected chi connectivity index (χ3v) is 3.34. The van der Waals surface area contributed by atoms with Crippen LogP contribution in [-0.4, -0.2) is 41.0 Å². The zero-order valence-electron chi connectivity index (χ0n) is 13.9. The van der Waals surface area contributed by atoms with E-state index in [-0.39, 0.29) is 13.2 Å². The van der Waals surface area contributed by atoms with E-state index in [4.69, 9.17) is 5.41 Å². The molecule has 0 aromatic carbocycles. The summed E-state index contributed by atoms with van der Waals surface area (Å²) in [6.07, 6.45) is -2.06. The van der Waals surface area contributed by atoms with Gasteiger partial charge in [-0.3, -0.25) is 5.41 Å². The molecular weight excluding hydrogens is 349 g/mol. The van der Waals surface area contributed by atoms with Crippen molar-refractivity contribution in [3.8, 4) is 0 Å². The second-order valence-corrected chi connectivity index (χ2v) is 5.21. The molecule has 0 spiro atoms. The van der Waals surface area contributed by atoms with Crippen molar-refractivity contribution in [2.24, 2.45) is 0 Å². The van der Waals surface area contributed by atoms with E-state index >= 15 is 0 Å². The molecule has 2 rings (SSSR count). The van der Waals surface area contributed by atoms with E-state index in [9.17, 15) is 18.0 Å². The first-order chi connectivity index (χ1) is 12.3. The fourth-order valence-corrected chi connectivity index (χ4v) is 2.10. The number of hydrogen-bond donors (Lipinski definition) is 2. The second-order valence-electron chi connectivity index (χ2n) is 5.21. The summed E-state index contributed by atoms with van der Waals surface area (Å²) in [7, 11) is 0. The molecule has 0 amide bonds.